The lowest BCUT2D eigenvalue weighted by molar-refractivity contribution is 0.0696. The molecule has 0 atom stereocenters. The van der Waals surface area contributed by atoms with Gasteiger partial charge in [0.05, 0.1) is 11.1 Å². The van der Waals surface area contributed by atoms with Crippen molar-refractivity contribution in [1.82, 2.24) is 0 Å². The highest BCUT2D eigenvalue weighted by Crippen LogP contribution is 2.21. The van der Waals surface area contributed by atoms with Crippen molar-refractivity contribution in [3.05, 3.63) is 59.7 Å². The van der Waals surface area contributed by atoms with Gasteiger partial charge in [-0.1, -0.05) is 18.2 Å². The van der Waals surface area contributed by atoms with Crippen LogP contribution in [0.25, 0.3) is 0 Å². The molecule has 0 radical (unpaired) electrons. The first kappa shape index (κ1) is 15.0. The molecule has 0 saturated heterocycles. The van der Waals surface area contributed by atoms with Gasteiger partial charge in [-0.15, -0.1) is 0 Å². The Bertz CT molecular complexity index is 570. The van der Waals surface area contributed by atoms with E-state index in [1.807, 2.05) is 0 Å². The minimum absolute atomic E-state index is 0.0186. The molecule has 0 aliphatic heterocycles. The molecule has 4 N–H and O–H groups in total. The van der Waals surface area contributed by atoms with Crippen LogP contribution in [0.5, 0.6) is 11.5 Å². The molecule has 2 rings (SSSR count). The summed E-state index contributed by atoms with van der Waals surface area (Å²) >= 11 is 0. The van der Waals surface area contributed by atoms with Gasteiger partial charge in [0.25, 0.3) is 0 Å². The van der Waals surface area contributed by atoms with Gasteiger partial charge in [-0.3, -0.25) is 0 Å². The van der Waals surface area contributed by atoms with E-state index < -0.39 is 11.9 Å². The molecular formula is C14H12O6. The highest BCUT2D eigenvalue weighted by molar-refractivity contribution is 5.93. The van der Waals surface area contributed by atoms with E-state index >= 15 is 0 Å². The average molecular weight is 276 g/mol. The minimum Gasteiger partial charge on any atom is -0.504 e. The summed E-state index contributed by atoms with van der Waals surface area (Å²) in [6, 6.07) is 11.3. The Morgan fingerprint density at radius 1 is 0.700 bits per heavy atom. The quantitative estimate of drug-likeness (QED) is 0.625. The number of hydrogen-bond donors (Lipinski definition) is 4. The first-order valence-corrected chi connectivity index (χ1v) is 5.45. The van der Waals surface area contributed by atoms with Crippen LogP contribution in [0.2, 0.25) is 0 Å². The normalized spacial score (nSPS) is 9.20. The van der Waals surface area contributed by atoms with Crippen molar-refractivity contribution in [2.24, 2.45) is 0 Å². The van der Waals surface area contributed by atoms with E-state index in [2.05, 4.69) is 0 Å². The van der Waals surface area contributed by atoms with Gasteiger partial charge < -0.3 is 20.4 Å². The lowest BCUT2D eigenvalue weighted by Crippen LogP contribution is -2.01. The van der Waals surface area contributed by atoms with E-state index in [4.69, 9.17) is 20.4 Å². The van der Waals surface area contributed by atoms with Gasteiger partial charge in [0.15, 0.2) is 11.5 Å². The number of rotatable bonds is 2. The van der Waals surface area contributed by atoms with Crippen LogP contribution in [0.4, 0.5) is 0 Å². The van der Waals surface area contributed by atoms with Crippen molar-refractivity contribution >= 4 is 11.9 Å². The first-order valence-electron chi connectivity index (χ1n) is 5.45. The lowest BCUT2D eigenvalue weighted by atomic mass is 10.1. The third-order valence-corrected chi connectivity index (χ3v) is 2.24. The maximum atomic E-state index is 10.4. The highest BCUT2D eigenvalue weighted by Gasteiger charge is 2.06. The predicted molar refractivity (Wildman–Crippen MR) is 70.1 cm³/mol. The largest absolute Gasteiger partial charge is 0.504 e. The molecule has 0 aliphatic carbocycles. The van der Waals surface area contributed by atoms with Gasteiger partial charge in [0.2, 0.25) is 0 Å². The molecule has 0 saturated carbocycles. The summed E-state index contributed by atoms with van der Waals surface area (Å²) in [6.45, 7) is 0. The van der Waals surface area contributed by atoms with E-state index in [-0.39, 0.29) is 22.6 Å². The van der Waals surface area contributed by atoms with Crippen molar-refractivity contribution in [3.8, 4) is 11.5 Å². The van der Waals surface area contributed by atoms with Crippen molar-refractivity contribution in [3.63, 3.8) is 0 Å². The number of benzene rings is 2. The highest BCUT2D eigenvalue weighted by atomic mass is 16.4. The van der Waals surface area contributed by atoms with E-state index in [0.29, 0.717) is 0 Å². The molecule has 0 amide bonds. The van der Waals surface area contributed by atoms with Crippen molar-refractivity contribution in [1.29, 1.82) is 0 Å². The molecule has 0 heterocycles. The Balaban J connectivity index is 0.000000217. The van der Waals surface area contributed by atoms with E-state index in [1.165, 1.54) is 30.3 Å². The number of carboxylic acids is 2. The number of phenolic OH excluding ortho intramolecular Hbond substituents is 2. The fraction of sp³-hybridized carbons (Fsp3) is 0. The van der Waals surface area contributed by atoms with Crippen LogP contribution in [0.3, 0.4) is 0 Å². The standard InChI is InChI=1S/C8H6O4.C6H6O2/c9-7(10)5-2-1-3-6(4-5)8(11)12;7-5-3-1-2-4-6(5)8/h1-4H,(H,9,10)(H,11,12);1-4,7-8H. The van der Waals surface area contributed by atoms with Crippen LogP contribution < -0.4 is 0 Å². The zero-order chi connectivity index (χ0) is 15.1. The summed E-state index contributed by atoms with van der Waals surface area (Å²) in [7, 11) is 0. The van der Waals surface area contributed by atoms with Crippen LogP contribution in [0, 0.1) is 0 Å². The zero-order valence-corrected chi connectivity index (χ0v) is 10.2. The van der Waals surface area contributed by atoms with Crippen LogP contribution in [0.1, 0.15) is 20.7 Å². The number of carboxylic acid groups (broad SMARTS) is 2. The Morgan fingerprint density at radius 3 is 1.40 bits per heavy atom. The number of phenols is 2. The monoisotopic (exact) mass is 276 g/mol. The van der Waals surface area contributed by atoms with Crippen molar-refractivity contribution in [2.75, 3.05) is 0 Å². The summed E-state index contributed by atoms with van der Waals surface area (Å²) in [5.41, 5.74) is -0.0372. The smallest absolute Gasteiger partial charge is 0.335 e. The predicted octanol–water partition coefficient (Wildman–Crippen LogP) is 2.18. The van der Waals surface area contributed by atoms with Gasteiger partial charge >= 0.3 is 11.9 Å². The molecule has 6 nitrogen and oxygen atoms in total. The molecule has 2 aromatic rings. The van der Waals surface area contributed by atoms with Crippen LogP contribution >= 0.6 is 0 Å². The Hall–Kier alpha value is -3.02. The molecular weight excluding hydrogens is 264 g/mol. The molecule has 20 heavy (non-hydrogen) atoms. The fourth-order valence-corrected chi connectivity index (χ4v) is 1.25. The molecule has 0 fully saturated rings. The van der Waals surface area contributed by atoms with E-state index in [1.54, 1.807) is 12.1 Å². The van der Waals surface area contributed by atoms with E-state index in [0.717, 1.165) is 6.07 Å². The van der Waals surface area contributed by atoms with Gasteiger partial charge in [-0.25, -0.2) is 9.59 Å². The number of hydrogen-bond acceptors (Lipinski definition) is 4. The van der Waals surface area contributed by atoms with Crippen molar-refractivity contribution in [2.45, 2.75) is 0 Å². The van der Waals surface area contributed by atoms with Crippen LogP contribution in [0.15, 0.2) is 48.5 Å². The summed E-state index contributed by atoms with van der Waals surface area (Å²) in [5.74, 6) is -2.41. The second-order valence-electron chi connectivity index (χ2n) is 3.68. The molecule has 0 aliphatic rings. The van der Waals surface area contributed by atoms with E-state index in [9.17, 15) is 9.59 Å². The SMILES string of the molecule is O=C(O)c1cccc(C(=O)O)c1.Oc1ccccc1O. The summed E-state index contributed by atoms with van der Waals surface area (Å²) in [6.07, 6.45) is 0. The Kier molecular flexibility index (Phi) is 5.11. The molecule has 104 valence electrons. The number of aromatic carboxylic acids is 2. The number of carbonyl (C=O) groups is 2. The van der Waals surface area contributed by atoms with Crippen molar-refractivity contribution < 1.29 is 30.0 Å². The fourth-order valence-electron chi connectivity index (χ4n) is 1.25. The average Bonchev–Trinajstić information content (AvgIpc) is 2.43. The minimum atomic E-state index is -1.13. The number of para-hydroxylation sites is 2. The summed E-state index contributed by atoms with van der Waals surface area (Å²) in [5, 5.41) is 34.3. The van der Waals surface area contributed by atoms with Gasteiger partial charge in [0, 0.05) is 0 Å². The topological polar surface area (TPSA) is 115 Å². The van der Waals surface area contributed by atoms with Crippen LogP contribution in [-0.4, -0.2) is 32.4 Å². The first-order chi connectivity index (χ1) is 9.41. The third-order valence-electron chi connectivity index (χ3n) is 2.24. The van der Waals surface area contributed by atoms with Crippen LogP contribution in [-0.2, 0) is 0 Å². The second kappa shape index (κ2) is 6.79. The van der Waals surface area contributed by atoms with Gasteiger partial charge in [0.1, 0.15) is 0 Å². The Morgan fingerprint density at radius 2 is 1.10 bits per heavy atom. The molecule has 0 bridgehead atoms. The second-order valence-corrected chi connectivity index (χ2v) is 3.68. The molecule has 0 unspecified atom stereocenters. The van der Waals surface area contributed by atoms with Gasteiger partial charge in [-0.05, 0) is 30.3 Å². The molecule has 0 spiro atoms. The summed E-state index contributed by atoms with van der Waals surface area (Å²) < 4.78 is 0. The summed E-state index contributed by atoms with van der Waals surface area (Å²) in [4.78, 5) is 20.8. The maximum absolute atomic E-state index is 10.4. The third kappa shape index (κ3) is 4.34. The molecule has 6 heteroatoms. The maximum Gasteiger partial charge on any atom is 0.335 e. The molecule has 0 aromatic heterocycles. The van der Waals surface area contributed by atoms with Gasteiger partial charge in [-0.2, -0.15) is 0 Å². The lowest BCUT2D eigenvalue weighted by Gasteiger charge is -1.95. The number of aromatic hydroxyl groups is 2. The molecule has 2 aromatic carbocycles. The zero-order valence-electron chi connectivity index (χ0n) is 10.2. The Labute approximate surface area is 114 Å².